The lowest BCUT2D eigenvalue weighted by molar-refractivity contribution is -0.130. The van der Waals surface area contributed by atoms with E-state index in [-0.39, 0.29) is 5.91 Å². The van der Waals surface area contributed by atoms with Crippen molar-refractivity contribution in [3.63, 3.8) is 0 Å². The molecule has 1 aromatic carbocycles. The topological polar surface area (TPSA) is 68.5 Å². The number of hydrogen-bond donors (Lipinski definition) is 1. The lowest BCUT2D eigenvalue weighted by Gasteiger charge is -2.15. The fourth-order valence-corrected chi connectivity index (χ4v) is 3.17. The highest BCUT2D eigenvalue weighted by molar-refractivity contribution is 7.13. The predicted octanol–water partition coefficient (Wildman–Crippen LogP) is 2.25. The number of amides is 1. The first-order chi connectivity index (χ1) is 10.6. The van der Waals surface area contributed by atoms with Crippen LogP contribution in [0.1, 0.15) is 23.2 Å². The van der Waals surface area contributed by atoms with Crippen molar-refractivity contribution in [3.05, 3.63) is 40.4 Å². The molecule has 0 atom stereocenters. The smallest absolute Gasteiger partial charge is 0.222 e. The van der Waals surface area contributed by atoms with Gasteiger partial charge in [-0.15, -0.1) is 11.3 Å². The van der Waals surface area contributed by atoms with E-state index in [2.05, 4.69) is 11.1 Å². The van der Waals surface area contributed by atoms with Gasteiger partial charge in [-0.1, -0.05) is 6.07 Å². The number of nitrogens with two attached hydrogens (primary N) is 1. The molecule has 0 radical (unpaired) electrons. The van der Waals surface area contributed by atoms with Gasteiger partial charge in [0.1, 0.15) is 5.75 Å². The number of aryl methyl sites for hydroxylation is 1. The van der Waals surface area contributed by atoms with Crippen molar-refractivity contribution in [1.29, 1.82) is 0 Å². The normalized spacial score (nSPS) is 14.6. The molecule has 22 heavy (non-hydrogen) atoms. The molecule has 0 saturated heterocycles. The predicted molar refractivity (Wildman–Crippen MR) is 87.0 cm³/mol. The Hall–Kier alpha value is -2.08. The van der Waals surface area contributed by atoms with Crippen LogP contribution in [0.15, 0.2) is 23.6 Å². The Bertz CT molecular complexity index is 684. The first-order valence-electron chi connectivity index (χ1n) is 7.30. The van der Waals surface area contributed by atoms with Gasteiger partial charge < -0.3 is 15.4 Å². The lowest BCUT2D eigenvalue weighted by Crippen LogP contribution is -2.24. The number of aromatic nitrogens is 1. The minimum atomic E-state index is 0.194. The lowest BCUT2D eigenvalue weighted by atomic mass is 10.0. The second-order valence-electron chi connectivity index (χ2n) is 5.46. The third kappa shape index (κ3) is 3.39. The van der Waals surface area contributed by atoms with Crippen molar-refractivity contribution in [2.24, 2.45) is 0 Å². The highest BCUT2D eigenvalue weighted by Gasteiger charge is 2.17. The van der Waals surface area contributed by atoms with Crippen LogP contribution in [0.3, 0.4) is 0 Å². The van der Waals surface area contributed by atoms with Crippen LogP contribution in [0.5, 0.6) is 5.75 Å². The SMILES string of the molecule is CN1Cc2cc(OCCc3csc(N)n3)ccc2CCC1=O. The van der Waals surface area contributed by atoms with Crippen LogP contribution in [-0.2, 0) is 24.2 Å². The number of rotatable bonds is 4. The molecule has 0 bridgehead atoms. The van der Waals surface area contributed by atoms with Crippen LogP contribution in [0, 0.1) is 0 Å². The van der Waals surface area contributed by atoms with Crippen molar-refractivity contribution in [3.8, 4) is 5.75 Å². The maximum absolute atomic E-state index is 11.8. The van der Waals surface area contributed by atoms with Crippen LogP contribution in [0.2, 0.25) is 0 Å². The molecule has 6 heteroatoms. The standard InChI is InChI=1S/C16H19N3O2S/c1-19-9-12-8-14(4-2-11(12)3-5-15(19)20)21-7-6-13-10-22-16(17)18-13/h2,4,8,10H,3,5-7,9H2,1H3,(H2,17,18). The second-order valence-corrected chi connectivity index (χ2v) is 6.35. The van der Waals surface area contributed by atoms with Crippen LogP contribution in [0.4, 0.5) is 5.13 Å². The number of carbonyl (C=O) groups excluding carboxylic acids is 1. The summed E-state index contributed by atoms with van der Waals surface area (Å²) in [5.41, 5.74) is 8.98. The summed E-state index contributed by atoms with van der Waals surface area (Å²) in [5, 5.41) is 2.55. The van der Waals surface area contributed by atoms with Crippen LogP contribution in [-0.4, -0.2) is 29.4 Å². The Labute approximate surface area is 133 Å². The van der Waals surface area contributed by atoms with E-state index in [1.807, 2.05) is 24.6 Å². The summed E-state index contributed by atoms with van der Waals surface area (Å²) in [7, 11) is 1.84. The van der Waals surface area contributed by atoms with E-state index >= 15 is 0 Å². The molecule has 1 amide bonds. The summed E-state index contributed by atoms with van der Waals surface area (Å²) >= 11 is 1.45. The van der Waals surface area contributed by atoms with Crippen molar-refractivity contribution < 1.29 is 9.53 Å². The molecule has 1 aliphatic rings. The summed E-state index contributed by atoms with van der Waals surface area (Å²) in [6.07, 6.45) is 2.12. The van der Waals surface area contributed by atoms with Gasteiger partial charge in [0.15, 0.2) is 5.13 Å². The van der Waals surface area contributed by atoms with E-state index in [1.165, 1.54) is 22.5 Å². The number of nitrogens with zero attached hydrogens (tertiary/aromatic N) is 2. The van der Waals surface area contributed by atoms with E-state index in [0.717, 1.165) is 24.3 Å². The molecule has 116 valence electrons. The molecule has 2 N–H and O–H groups in total. The van der Waals surface area contributed by atoms with Gasteiger partial charge in [0.25, 0.3) is 0 Å². The highest BCUT2D eigenvalue weighted by atomic mass is 32.1. The molecule has 2 aromatic rings. The largest absolute Gasteiger partial charge is 0.493 e. The molecule has 0 fully saturated rings. The van der Waals surface area contributed by atoms with Crippen LogP contribution in [0.25, 0.3) is 0 Å². The Morgan fingerprint density at radius 1 is 1.36 bits per heavy atom. The van der Waals surface area contributed by atoms with Gasteiger partial charge in [-0.3, -0.25) is 4.79 Å². The molecule has 0 spiro atoms. The monoisotopic (exact) mass is 317 g/mol. The number of fused-ring (bicyclic) bond motifs is 1. The van der Waals surface area contributed by atoms with E-state index in [9.17, 15) is 4.79 Å². The molecule has 0 unspecified atom stereocenters. The summed E-state index contributed by atoms with van der Waals surface area (Å²) < 4.78 is 5.81. The molecule has 0 saturated carbocycles. The maximum Gasteiger partial charge on any atom is 0.222 e. The average Bonchev–Trinajstić information content (AvgIpc) is 2.85. The van der Waals surface area contributed by atoms with Crippen molar-refractivity contribution >= 4 is 22.4 Å². The van der Waals surface area contributed by atoms with Gasteiger partial charge in [-0.25, -0.2) is 4.98 Å². The average molecular weight is 317 g/mol. The number of hydrogen-bond acceptors (Lipinski definition) is 5. The van der Waals surface area contributed by atoms with Crippen molar-refractivity contribution in [1.82, 2.24) is 9.88 Å². The zero-order chi connectivity index (χ0) is 15.5. The van der Waals surface area contributed by atoms with Gasteiger partial charge in [0, 0.05) is 31.8 Å². The van der Waals surface area contributed by atoms with Crippen LogP contribution < -0.4 is 10.5 Å². The molecular weight excluding hydrogens is 298 g/mol. The van der Waals surface area contributed by atoms with E-state index in [0.29, 0.717) is 24.7 Å². The van der Waals surface area contributed by atoms with Gasteiger partial charge in [-0.05, 0) is 29.7 Å². The molecule has 5 nitrogen and oxygen atoms in total. The Morgan fingerprint density at radius 2 is 2.23 bits per heavy atom. The molecular formula is C16H19N3O2S. The third-order valence-electron chi connectivity index (χ3n) is 3.82. The van der Waals surface area contributed by atoms with Gasteiger partial charge >= 0.3 is 0 Å². The van der Waals surface area contributed by atoms with Crippen molar-refractivity contribution in [2.75, 3.05) is 19.4 Å². The fraction of sp³-hybridized carbons (Fsp3) is 0.375. The number of benzene rings is 1. The zero-order valence-corrected chi connectivity index (χ0v) is 13.4. The number of thiazole rings is 1. The van der Waals surface area contributed by atoms with E-state index in [1.54, 1.807) is 4.90 Å². The van der Waals surface area contributed by atoms with Crippen molar-refractivity contribution in [2.45, 2.75) is 25.8 Å². The number of carbonyl (C=O) groups is 1. The Morgan fingerprint density at radius 3 is 3.00 bits per heavy atom. The second kappa shape index (κ2) is 6.36. The summed E-state index contributed by atoms with van der Waals surface area (Å²) in [4.78, 5) is 17.8. The van der Waals surface area contributed by atoms with E-state index < -0.39 is 0 Å². The summed E-state index contributed by atoms with van der Waals surface area (Å²) in [6, 6.07) is 6.09. The zero-order valence-electron chi connectivity index (χ0n) is 12.5. The molecule has 2 heterocycles. The third-order valence-corrected chi connectivity index (χ3v) is 4.54. The first kappa shape index (κ1) is 14.8. The quantitative estimate of drug-likeness (QED) is 0.939. The van der Waals surface area contributed by atoms with Gasteiger partial charge in [0.05, 0.1) is 12.3 Å². The summed E-state index contributed by atoms with van der Waals surface area (Å²) in [5.74, 6) is 1.03. The first-order valence-corrected chi connectivity index (χ1v) is 8.18. The Balaban J connectivity index is 1.63. The van der Waals surface area contributed by atoms with E-state index in [4.69, 9.17) is 10.5 Å². The minimum Gasteiger partial charge on any atom is -0.493 e. The summed E-state index contributed by atoms with van der Waals surface area (Å²) in [6.45, 7) is 1.21. The Kier molecular flexibility index (Phi) is 4.29. The minimum absolute atomic E-state index is 0.194. The molecule has 1 aromatic heterocycles. The fourth-order valence-electron chi connectivity index (χ4n) is 2.57. The number of anilines is 1. The molecule has 3 rings (SSSR count). The number of ether oxygens (including phenoxy) is 1. The molecule has 0 aliphatic carbocycles. The highest BCUT2D eigenvalue weighted by Crippen LogP contribution is 2.23. The number of nitrogen functional groups attached to an aromatic ring is 1. The van der Waals surface area contributed by atoms with Gasteiger partial charge in [-0.2, -0.15) is 0 Å². The molecule has 1 aliphatic heterocycles. The van der Waals surface area contributed by atoms with Gasteiger partial charge in [0.2, 0.25) is 5.91 Å². The van der Waals surface area contributed by atoms with Crippen LogP contribution >= 0.6 is 11.3 Å². The maximum atomic E-state index is 11.8.